The summed E-state index contributed by atoms with van der Waals surface area (Å²) in [6.07, 6.45) is 1.99. The molecule has 2 rings (SSSR count). The molecule has 0 aliphatic rings. The molecule has 1 N–H and O–H groups in total. The number of hydrogen-bond acceptors (Lipinski definition) is 3. The van der Waals surface area contributed by atoms with Gasteiger partial charge in [0.15, 0.2) is 0 Å². The first-order valence-corrected chi connectivity index (χ1v) is 6.99. The van der Waals surface area contributed by atoms with Crippen LogP contribution >= 0.6 is 11.8 Å². The molecule has 19 heavy (non-hydrogen) atoms. The molecule has 0 unspecified atom stereocenters. The first-order chi connectivity index (χ1) is 9.11. The van der Waals surface area contributed by atoms with Crippen molar-refractivity contribution < 1.29 is 14.6 Å². The molecule has 0 fully saturated rings. The number of aromatic carboxylic acids is 1. The number of thioether (sulfide) groups is 1. The van der Waals surface area contributed by atoms with Crippen LogP contribution in [0.2, 0.25) is 0 Å². The van der Waals surface area contributed by atoms with Crippen LogP contribution in [0.3, 0.4) is 0 Å². The minimum absolute atomic E-state index is 0.267. The summed E-state index contributed by atoms with van der Waals surface area (Å²) in [4.78, 5) is 11.9. The van der Waals surface area contributed by atoms with E-state index in [4.69, 9.17) is 9.84 Å². The van der Waals surface area contributed by atoms with E-state index in [0.717, 1.165) is 16.2 Å². The van der Waals surface area contributed by atoms with Crippen molar-refractivity contribution >= 4 is 17.7 Å². The number of hydrogen-bond donors (Lipinski definition) is 1. The fraction of sp³-hybridized carbons (Fsp3) is 0.133. The standard InChI is InChI=1S/C15H14O3S/c1-10-9-11(15(16)17)7-8-12(10)18-13-5-3-4-6-14(13)19-2/h3-9H,1-2H3,(H,16,17). The van der Waals surface area contributed by atoms with Crippen molar-refractivity contribution in [2.24, 2.45) is 0 Å². The number of carboxylic acid groups (broad SMARTS) is 1. The van der Waals surface area contributed by atoms with Gasteiger partial charge in [-0.25, -0.2) is 4.79 Å². The Hall–Kier alpha value is -1.94. The maximum absolute atomic E-state index is 10.9. The first kappa shape index (κ1) is 13.5. The molecule has 0 amide bonds. The van der Waals surface area contributed by atoms with Gasteiger partial charge in [0.25, 0.3) is 0 Å². The number of aryl methyl sites for hydroxylation is 1. The summed E-state index contributed by atoms with van der Waals surface area (Å²) in [6.45, 7) is 1.84. The first-order valence-electron chi connectivity index (χ1n) is 5.76. The monoisotopic (exact) mass is 274 g/mol. The lowest BCUT2D eigenvalue weighted by atomic mass is 10.1. The van der Waals surface area contributed by atoms with E-state index in [2.05, 4.69) is 0 Å². The van der Waals surface area contributed by atoms with E-state index in [1.165, 1.54) is 0 Å². The van der Waals surface area contributed by atoms with Crippen LogP contribution in [0.4, 0.5) is 0 Å². The number of rotatable bonds is 4. The highest BCUT2D eigenvalue weighted by Crippen LogP contribution is 2.32. The van der Waals surface area contributed by atoms with Gasteiger partial charge in [-0.1, -0.05) is 12.1 Å². The molecule has 0 bridgehead atoms. The molecule has 0 spiro atoms. The van der Waals surface area contributed by atoms with Gasteiger partial charge in [0.05, 0.1) is 5.56 Å². The third-order valence-corrected chi connectivity index (χ3v) is 3.49. The summed E-state index contributed by atoms with van der Waals surface area (Å²) in [5.41, 5.74) is 1.07. The van der Waals surface area contributed by atoms with E-state index in [0.29, 0.717) is 5.75 Å². The Kier molecular flexibility index (Phi) is 4.12. The SMILES string of the molecule is CSc1ccccc1Oc1ccc(C(=O)O)cc1C. The summed E-state index contributed by atoms with van der Waals surface area (Å²) in [5, 5.41) is 8.93. The predicted octanol–water partition coefficient (Wildman–Crippen LogP) is 4.21. The molecule has 0 aliphatic heterocycles. The second-order valence-corrected chi connectivity index (χ2v) is 4.89. The molecule has 0 heterocycles. The maximum atomic E-state index is 10.9. The Bertz CT molecular complexity index is 608. The number of carboxylic acids is 1. The molecule has 0 atom stereocenters. The summed E-state index contributed by atoms with van der Waals surface area (Å²) in [6, 6.07) is 12.6. The highest BCUT2D eigenvalue weighted by Gasteiger charge is 2.09. The lowest BCUT2D eigenvalue weighted by molar-refractivity contribution is 0.0697. The molecular formula is C15H14O3S. The Morgan fingerprint density at radius 2 is 1.89 bits per heavy atom. The summed E-state index contributed by atoms with van der Waals surface area (Å²) < 4.78 is 5.85. The van der Waals surface area contributed by atoms with E-state index >= 15 is 0 Å². The van der Waals surface area contributed by atoms with Crippen molar-refractivity contribution in [3.05, 3.63) is 53.6 Å². The number of ether oxygens (including phenoxy) is 1. The van der Waals surface area contributed by atoms with Gasteiger partial charge in [-0.05, 0) is 49.1 Å². The molecule has 0 saturated carbocycles. The van der Waals surface area contributed by atoms with E-state index < -0.39 is 5.97 Å². The maximum Gasteiger partial charge on any atom is 0.335 e. The van der Waals surface area contributed by atoms with Crippen LogP contribution in [0.15, 0.2) is 47.4 Å². The highest BCUT2D eigenvalue weighted by atomic mass is 32.2. The van der Waals surface area contributed by atoms with Gasteiger partial charge in [-0.15, -0.1) is 11.8 Å². The average Bonchev–Trinajstić information content (AvgIpc) is 2.41. The van der Waals surface area contributed by atoms with Gasteiger partial charge in [0, 0.05) is 4.90 Å². The summed E-state index contributed by atoms with van der Waals surface area (Å²) in [5.74, 6) is 0.520. The minimum Gasteiger partial charge on any atom is -0.478 e. The van der Waals surface area contributed by atoms with Crippen molar-refractivity contribution in [3.63, 3.8) is 0 Å². The molecule has 4 heteroatoms. The van der Waals surface area contributed by atoms with Crippen LogP contribution in [-0.4, -0.2) is 17.3 Å². The van der Waals surface area contributed by atoms with Crippen LogP contribution in [0.1, 0.15) is 15.9 Å². The van der Waals surface area contributed by atoms with Crippen molar-refractivity contribution in [3.8, 4) is 11.5 Å². The Morgan fingerprint density at radius 3 is 2.53 bits per heavy atom. The third-order valence-electron chi connectivity index (χ3n) is 2.71. The third kappa shape index (κ3) is 3.09. The smallest absolute Gasteiger partial charge is 0.335 e. The molecule has 2 aromatic rings. The van der Waals surface area contributed by atoms with Gasteiger partial charge in [-0.2, -0.15) is 0 Å². The van der Waals surface area contributed by atoms with Crippen LogP contribution < -0.4 is 4.74 Å². The quantitative estimate of drug-likeness (QED) is 0.848. The Labute approximate surface area is 116 Å². The molecule has 0 aliphatic carbocycles. The lowest BCUT2D eigenvalue weighted by Crippen LogP contribution is -1.97. The highest BCUT2D eigenvalue weighted by molar-refractivity contribution is 7.98. The van der Waals surface area contributed by atoms with Crippen molar-refractivity contribution in [1.29, 1.82) is 0 Å². The van der Waals surface area contributed by atoms with Gasteiger partial charge >= 0.3 is 5.97 Å². The Morgan fingerprint density at radius 1 is 1.16 bits per heavy atom. The summed E-state index contributed by atoms with van der Waals surface area (Å²) >= 11 is 1.61. The summed E-state index contributed by atoms with van der Waals surface area (Å²) in [7, 11) is 0. The van der Waals surface area contributed by atoms with Crippen molar-refractivity contribution in [2.45, 2.75) is 11.8 Å². The van der Waals surface area contributed by atoms with E-state index in [1.807, 2.05) is 37.4 Å². The van der Waals surface area contributed by atoms with Gasteiger partial charge in [0.1, 0.15) is 11.5 Å². The van der Waals surface area contributed by atoms with Crippen LogP contribution in [0.5, 0.6) is 11.5 Å². The zero-order valence-corrected chi connectivity index (χ0v) is 11.5. The normalized spacial score (nSPS) is 10.2. The number of carbonyl (C=O) groups is 1. The second kappa shape index (κ2) is 5.80. The van der Waals surface area contributed by atoms with Crippen LogP contribution in [-0.2, 0) is 0 Å². The molecular weight excluding hydrogens is 260 g/mol. The average molecular weight is 274 g/mol. The van der Waals surface area contributed by atoms with E-state index in [1.54, 1.807) is 30.0 Å². The minimum atomic E-state index is -0.931. The molecule has 0 aromatic heterocycles. The molecule has 3 nitrogen and oxygen atoms in total. The number of benzene rings is 2. The zero-order chi connectivity index (χ0) is 13.8. The van der Waals surface area contributed by atoms with Crippen LogP contribution in [0.25, 0.3) is 0 Å². The molecule has 0 radical (unpaired) electrons. The predicted molar refractivity (Wildman–Crippen MR) is 76.4 cm³/mol. The molecule has 2 aromatic carbocycles. The Balaban J connectivity index is 2.31. The van der Waals surface area contributed by atoms with Gasteiger partial charge < -0.3 is 9.84 Å². The topological polar surface area (TPSA) is 46.5 Å². The molecule has 0 saturated heterocycles. The van der Waals surface area contributed by atoms with E-state index in [9.17, 15) is 4.79 Å². The van der Waals surface area contributed by atoms with Crippen molar-refractivity contribution in [2.75, 3.05) is 6.26 Å². The van der Waals surface area contributed by atoms with Crippen molar-refractivity contribution in [1.82, 2.24) is 0 Å². The fourth-order valence-corrected chi connectivity index (χ4v) is 2.24. The second-order valence-electron chi connectivity index (χ2n) is 4.04. The van der Waals surface area contributed by atoms with E-state index in [-0.39, 0.29) is 5.56 Å². The zero-order valence-electron chi connectivity index (χ0n) is 10.7. The van der Waals surface area contributed by atoms with Gasteiger partial charge in [0.2, 0.25) is 0 Å². The number of para-hydroxylation sites is 1. The fourth-order valence-electron chi connectivity index (χ4n) is 1.72. The molecule has 98 valence electrons. The largest absolute Gasteiger partial charge is 0.478 e. The van der Waals surface area contributed by atoms with Crippen LogP contribution in [0, 0.1) is 6.92 Å². The van der Waals surface area contributed by atoms with Gasteiger partial charge in [-0.3, -0.25) is 0 Å². The lowest BCUT2D eigenvalue weighted by Gasteiger charge is -2.11.